The number of fused-ring (bicyclic) bond motifs is 1. The third kappa shape index (κ3) is 3.83. The van der Waals surface area contributed by atoms with Gasteiger partial charge in [0.05, 0.1) is 5.39 Å². The summed E-state index contributed by atoms with van der Waals surface area (Å²) in [6, 6.07) is 20.4. The highest BCUT2D eigenvalue weighted by Crippen LogP contribution is 2.29. The molecule has 0 radical (unpaired) electrons. The Balaban J connectivity index is 1.54. The van der Waals surface area contributed by atoms with Crippen LogP contribution in [-0.2, 0) is 0 Å². The summed E-state index contributed by atoms with van der Waals surface area (Å²) in [4.78, 5) is 27.5. The summed E-state index contributed by atoms with van der Waals surface area (Å²) < 4.78 is 0. The van der Waals surface area contributed by atoms with Crippen LogP contribution in [0.4, 0.5) is 5.95 Å². The third-order valence-electron chi connectivity index (χ3n) is 6.07. The molecular formula is C26H26N4O. The van der Waals surface area contributed by atoms with Crippen LogP contribution in [0.15, 0.2) is 71.7 Å². The number of benzene rings is 2. The number of nitrogens with zero attached hydrogens (tertiary/aromatic N) is 3. The molecule has 1 aliphatic rings. The molecule has 0 amide bonds. The minimum absolute atomic E-state index is 0.138. The summed E-state index contributed by atoms with van der Waals surface area (Å²) in [6.45, 7) is 6.30. The summed E-state index contributed by atoms with van der Waals surface area (Å²) in [5.41, 5.74) is 4.50. The van der Waals surface area contributed by atoms with Crippen LogP contribution >= 0.6 is 0 Å². The standard InChI is InChI=1S/C26H26N4O/c1-17-14-18(2)16-30(15-17)26-28-24-23(25(31)29-26)22(12-13-27-24)21-10-8-20(9-11-21)19-6-4-3-5-7-19/h3-13,17-18H,14-16H2,1-2H3,(H,27,28,29,31). The minimum Gasteiger partial charge on any atom is -0.342 e. The minimum atomic E-state index is -0.138. The zero-order chi connectivity index (χ0) is 21.4. The second-order valence-electron chi connectivity index (χ2n) is 8.74. The van der Waals surface area contributed by atoms with Gasteiger partial charge in [-0.2, -0.15) is 4.98 Å². The Morgan fingerprint density at radius 3 is 2.23 bits per heavy atom. The predicted molar refractivity (Wildman–Crippen MR) is 126 cm³/mol. The van der Waals surface area contributed by atoms with Gasteiger partial charge in [-0.25, -0.2) is 4.98 Å². The maximum absolute atomic E-state index is 13.1. The van der Waals surface area contributed by atoms with E-state index < -0.39 is 0 Å². The number of nitrogens with one attached hydrogen (secondary N) is 1. The summed E-state index contributed by atoms with van der Waals surface area (Å²) in [6.07, 6.45) is 2.94. The molecule has 5 rings (SSSR count). The fourth-order valence-electron chi connectivity index (χ4n) is 4.75. The number of aromatic nitrogens is 3. The van der Waals surface area contributed by atoms with Crippen molar-refractivity contribution >= 4 is 17.0 Å². The number of H-pyrrole nitrogens is 1. The van der Waals surface area contributed by atoms with Crippen molar-refractivity contribution in [2.45, 2.75) is 20.3 Å². The molecule has 2 aromatic carbocycles. The van der Waals surface area contributed by atoms with E-state index in [1.807, 2.05) is 24.3 Å². The van der Waals surface area contributed by atoms with Crippen molar-refractivity contribution in [2.75, 3.05) is 18.0 Å². The van der Waals surface area contributed by atoms with Gasteiger partial charge in [0, 0.05) is 19.3 Å². The van der Waals surface area contributed by atoms with Crippen molar-refractivity contribution in [3.8, 4) is 22.3 Å². The number of pyridine rings is 1. The molecule has 0 spiro atoms. The highest BCUT2D eigenvalue weighted by atomic mass is 16.1. The van der Waals surface area contributed by atoms with E-state index in [1.54, 1.807) is 6.20 Å². The molecule has 5 nitrogen and oxygen atoms in total. The van der Waals surface area contributed by atoms with Crippen molar-refractivity contribution in [3.63, 3.8) is 0 Å². The Labute approximate surface area is 181 Å². The van der Waals surface area contributed by atoms with E-state index in [0.717, 1.165) is 29.8 Å². The molecule has 5 heteroatoms. The molecule has 3 heterocycles. The van der Waals surface area contributed by atoms with Crippen molar-refractivity contribution in [1.82, 2.24) is 15.0 Å². The van der Waals surface area contributed by atoms with E-state index in [0.29, 0.717) is 28.8 Å². The van der Waals surface area contributed by atoms with Crippen LogP contribution in [0.3, 0.4) is 0 Å². The Morgan fingerprint density at radius 2 is 1.52 bits per heavy atom. The second-order valence-corrected chi connectivity index (χ2v) is 8.74. The van der Waals surface area contributed by atoms with Gasteiger partial charge in [-0.05, 0) is 46.6 Å². The molecule has 1 aliphatic heterocycles. The largest absolute Gasteiger partial charge is 0.342 e. The molecule has 1 saturated heterocycles. The second kappa shape index (κ2) is 7.99. The van der Waals surface area contributed by atoms with Crippen LogP contribution in [0.25, 0.3) is 33.3 Å². The molecule has 0 bridgehead atoms. The highest BCUT2D eigenvalue weighted by Gasteiger charge is 2.24. The quantitative estimate of drug-likeness (QED) is 0.508. The maximum atomic E-state index is 13.1. The number of rotatable bonds is 3. The van der Waals surface area contributed by atoms with Crippen molar-refractivity contribution in [1.29, 1.82) is 0 Å². The van der Waals surface area contributed by atoms with Gasteiger partial charge in [0.15, 0.2) is 5.65 Å². The van der Waals surface area contributed by atoms with E-state index in [4.69, 9.17) is 4.98 Å². The van der Waals surface area contributed by atoms with Gasteiger partial charge in [0.25, 0.3) is 5.56 Å². The molecule has 2 aromatic heterocycles. The number of hydrogen-bond acceptors (Lipinski definition) is 4. The van der Waals surface area contributed by atoms with E-state index in [2.05, 4.69) is 65.1 Å². The molecule has 2 atom stereocenters. The monoisotopic (exact) mass is 410 g/mol. The third-order valence-corrected chi connectivity index (χ3v) is 6.07. The summed E-state index contributed by atoms with van der Waals surface area (Å²) in [5.74, 6) is 1.78. The predicted octanol–water partition coefficient (Wildman–Crippen LogP) is 5.13. The summed E-state index contributed by atoms with van der Waals surface area (Å²) >= 11 is 0. The first kappa shape index (κ1) is 19.5. The van der Waals surface area contributed by atoms with Gasteiger partial charge >= 0.3 is 0 Å². The van der Waals surface area contributed by atoms with Crippen LogP contribution < -0.4 is 10.5 Å². The zero-order valence-electron chi connectivity index (χ0n) is 17.9. The fraction of sp³-hybridized carbons (Fsp3) is 0.269. The van der Waals surface area contributed by atoms with E-state index in [-0.39, 0.29) is 5.56 Å². The lowest BCUT2D eigenvalue weighted by Crippen LogP contribution is -2.40. The van der Waals surface area contributed by atoms with Gasteiger partial charge in [-0.1, -0.05) is 68.4 Å². The lowest BCUT2D eigenvalue weighted by atomic mass is 9.92. The van der Waals surface area contributed by atoms with Crippen molar-refractivity contribution < 1.29 is 0 Å². The van der Waals surface area contributed by atoms with Crippen LogP contribution in [0.5, 0.6) is 0 Å². The van der Waals surface area contributed by atoms with Crippen LogP contribution in [0.2, 0.25) is 0 Å². The van der Waals surface area contributed by atoms with Crippen LogP contribution in [0.1, 0.15) is 20.3 Å². The van der Waals surface area contributed by atoms with Gasteiger partial charge < -0.3 is 4.90 Å². The number of aromatic amines is 1. The van der Waals surface area contributed by atoms with E-state index >= 15 is 0 Å². The summed E-state index contributed by atoms with van der Waals surface area (Å²) in [5, 5.41) is 0.539. The van der Waals surface area contributed by atoms with E-state index in [9.17, 15) is 4.79 Å². The number of hydrogen-bond donors (Lipinski definition) is 1. The topological polar surface area (TPSA) is 61.9 Å². The average Bonchev–Trinajstić information content (AvgIpc) is 2.79. The van der Waals surface area contributed by atoms with Crippen LogP contribution in [-0.4, -0.2) is 28.0 Å². The first-order valence-electron chi connectivity index (χ1n) is 10.9. The smallest absolute Gasteiger partial charge is 0.262 e. The van der Waals surface area contributed by atoms with Gasteiger partial charge in [0.2, 0.25) is 5.95 Å². The normalized spacial score (nSPS) is 19.0. The molecule has 31 heavy (non-hydrogen) atoms. The average molecular weight is 411 g/mol. The lowest BCUT2D eigenvalue weighted by molar-refractivity contribution is 0.353. The summed E-state index contributed by atoms with van der Waals surface area (Å²) in [7, 11) is 0. The van der Waals surface area contributed by atoms with Gasteiger partial charge in [0.1, 0.15) is 0 Å². The molecule has 2 unspecified atom stereocenters. The molecule has 156 valence electrons. The van der Waals surface area contributed by atoms with Gasteiger partial charge in [-0.15, -0.1) is 0 Å². The highest BCUT2D eigenvalue weighted by molar-refractivity contribution is 5.92. The van der Waals surface area contributed by atoms with Crippen molar-refractivity contribution in [2.24, 2.45) is 11.8 Å². The SMILES string of the molecule is CC1CC(C)CN(c2nc3nccc(-c4ccc(-c5ccccc5)cc4)c3c(=O)[nH]2)C1. The first-order valence-corrected chi connectivity index (χ1v) is 10.9. The Hall–Kier alpha value is -3.47. The molecule has 0 aliphatic carbocycles. The molecule has 4 aromatic rings. The van der Waals surface area contributed by atoms with E-state index in [1.165, 1.54) is 12.0 Å². The Kier molecular flexibility index (Phi) is 5.02. The van der Waals surface area contributed by atoms with Gasteiger partial charge in [-0.3, -0.25) is 9.78 Å². The fourth-order valence-corrected chi connectivity index (χ4v) is 4.75. The van der Waals surface area contributed by atoms with Crippen LogP contribution in [0, 0.1) is 11.8 Å². The number of anilines is 1. The maximum Gasteiger partial charge on any atom is 0.262 e. The Morgan fingerprint density at radius 1 is 0.871 bits per heavy atom. The number of piperidine rings is 1. The molecule has 1 fully saturated rings. The molecule has 0 saturated carbocycles. The Bertz CT molecular complexity index is 1250. The van der Waals surface area contributed by atoms with Crippen molar-refractivity contribution in [3.05, 3.63) is 77.2 Å². The lowest BCUT2D eigenvalue weighted by Gasteiger charge is -2.35. The first-order chi connectivity index (χ1) is 15.1. The zero-order valence-corrected chi connectivity index (χ0v) is 17.9. The molecular weight excluding hydrogens is 384 g/mol. The molecule has 1 N–H and O–H groups in total.